The Kier molecular flexibility index (Phi) is 5.10. The Bertz CT molecular complexity index is 611. The van der Waals surface area contributed by atoms with Crippen LogP contribution in [0.4, 0.5) is 26.3 Å². The van der Waals surface area contributed by atoms with Gasteiger partial charge in [-0.3, -0.25) is 4.79 Å². The quantitative estimate of drug-likeness (QED) is 0.807. The second-order valence-electron chi connectivity index (χ2n) is 5.90. The van der Waals surface area contributed by atoms with Crippen molar-refractivity contribution in [1.29, 1.82) is 0 Å². The Morgan fingerprint density at radius 1 is 1.17 bits per heavy atom. The molecule has 0 aliphatic heterocycles. The van der Waals surface area contributed by atoms with E-state index in [4.69, 9.17) is 0 Å². The van der Waals surface area contributed by atoms with E-state index in [0.717, 1.165) is 6.07 Å². The molecule has 0 saturated heterocycles. The molecule has 0 spiro atoms. The van der Waals surface area contributed by atoms with Gasteiger partial charge in [-0.25, -0.2) is 4.98 Å². The first-order chi connectivity index (χ1) is 11.0. The molecule has 1 aromatic heterocycles. The van der Waals surface area contributed by atoms with Crippen molar-refractivity contribution in [3.63, 3.8) is 0 Å². The number of aryl methyl sites for hydroxylation is 1. The number of hydrogen-bond donors (Lipinski definition) is 1. The molecule has 0 radical (unpaired) electrons. The average Bonchev–Trinajstić information content (AvgIpc) is 2.45. The molecule has 134 valence electrons. The molecule has 1 aromatic rings. The summed E-state index contributed by atoms with van der Waals surface area (Å²) < 4.78 is 76.0. The lowest BCUT2D eigenvalue weighted by Gasteiger charge is -2.31. The standard InChI is InChI=1S/C15H16F6N2O/c1-8-11(5-6-12(22-8)15(19,20)21)13(24)23-10-4-2-3-9(7-10)14(16,17)18/h5-6,9-10H,2-4,7H2,1H3,(H,23,24)/t9-,10-/m0/s1. The zero-order valence-electron chi connectivity index (χ0n) is 12.8. The average molecular weight is 354 g/mol. The molecule has 0 bridgehead atoms. The molecule has 1 N–H and O–H groups in total. The van der Waals surface area contributed by atoms with Gasteiger partial charge in [-0.2, -0.15) is 26.3 Å². The molecule has 0 unspecified atom stereocenters. The lowest BCUT2D eigenvalue weighted by molar-refractivity contribution is -0.183. The van der Waals surface area contributed by atoms with E-state index in [0.29, 0.717) is 18.9 Å². The third kappa shape index (κ3) is 4.39. The van der Waals surface area contributed by atoms with E-state index in [1.807, 2.05) is 0 Å². The summed E-state index contributed by atoms with van der Waals surface area (Å²) in [4.78, 5) is 15.5. The van der Waals surface area contributed by atoms with E-state index in [-0.39, 0.29) is 24.1 Å². The van der Waals surface area contributed by atoms with Gasteiger partial charge in [0.1, 0.15) is 5.69 Å². The van der Waals surface area contributed by atoms with Crippen LogP contribution in [0.3, 0.4) is 0 Å². The van der Waals surface area contributed by atoms with Crippen molar-refractivity contribution in [3.8, 4) is 0 Å². The Morgan fingerprint density at radius 2 is 1.83 bits per heavy atom. The summed E-state index contributed by atoms with van der Waals surface area (Å²) in [5, 5.41) is 2.48. The highest BCUT2D eigenvalue weighted by Gasteiger charge is 2.42. The van der Waals surface area contributed by atoms with Crippen LogP contribution in [0.15, 0.2) is 12.1 Å². The number of carbonyl (C=O) groups is 1. The van der Waals surface area contributed by atoms with Crippen molar-refractivity contribution in [2.75, 3.05) is 0 Å². The molecule has 1 heterocycles. The number of amides is 1. The summed E-state index contributed by atoms with van der Waals surface area (Å²) in [6, 6.07) is 1.02. The smallest absolute Gasteiger partial charge is 0.349 e. The number of nitrogens with zero attached hydrogens (tertiary/aromatic N) is 1. The van der Waals surface area contributed by atoms with E-state index in [1.165, 1.54) is 6.92 Å². The first-order valence-electron chi connectivity index (χ1n) is 7.41. The normalized spacial score (nSPS) is 22.3. The van der Waals surface area contributed by atoms with E-state index in [9.17, 15) is 31.1 Å². The zero-order chi connectivity index (χ0) is 18.1. The van der Waals surface area contributed by atoms with Crippen LogP contribution in [0.5, 0.6) is 0 Å². The fourth-order valence-electron chi connectivity index (χ4n) is 2.84. The van der Waals surface area contributed by atoms with Crippen molar-refractivity contribution >= 4 is 5.91 Å². The van der Waals surface area contributed by atoms with Gasteiger partial charge in [0, 0.05) is 6.04 Å². The Morgan fingerprint density at radius 3 is 2.38 bits per heavy atom. The van der Waals surface area contributed by atoms with Gasteiger partial charge >= 0.3 is 12.4 Å². The topological polar surface area (TPSA) is 42.0 Å². The highest BCUT2D eigenvalue weighted by molar-refractivity contribution is 5.95. The monoisotopic (exact) mass is 354 g/mol. The summed E-state index contributed by atoms with van der Waals surface area (Å²) in [5.41, 5.74) is -1.31. The Labute approximate surface area is 134 Å². The Balaban J connectivity index is 2.07. The van der Waals surface area contributed by atoms with Gasteiger partial charge in [0.2, 0.25) is 0 Å². The minimum atomic E-state index is -4.62. The minimum Gasteiger partial charge on any atom is -0.349 e. The summed E-state index contributed by atoms with van der Waals surface area (Å²) in [6.07, 6.45) is -8.39. The largest absolute Gasteiger partial charge is 0.433 e. The minimum absolute atomic E-state index is 0.0245. The first kappa shape index (κ1) is 18.5. The lowest BCUT2D eigenvalue weighted by atomic mass is 9.85. The van der Waals surface area contributed by atoms with Crippen molar-refractivity contribution in [2.24, 2.45) is 5.92 Å². The summed E-state index contributed by atoms with van der Waals surface area (Å²) in [5.74, 6) is -2.18. The second kappa shape index (κ2) is 6.60. The molecular weight excluding hydrogens is 338 g/mol. The van der Waals surface area contributed by atoms with Crippen LogP contribution in [0.2, 0.25) is 0 Å². The van der Waals surface area contributed by atoms with E-state index < -0.39 is 35.9 Å². The van der Waals surface area contributed by atoms with Gasteiger partial charge in [0.15, 0.2) is 0 Å². The van der Waals surface area contributed by atoms with Crippen molar-refractivity contribution in [2.45, 2.75) is 51.0 Å². The number of carbonyl (C=O) groups excluding carboxylic acids is 1. The number of hydrogen-bond acceptors (Lipinski definition) is 2. The zero-order valence-corrected chi connectivity index (χ0v) is 12.8. The fraction of sp³-hybridized carbons (Fsp3) is 0.600. The van der Waals surface area contributed by atoms with Crippen molar-refractivity contribution < 1.29 is 31.1 Å². The van der Waals surface area contributed by atoms with Crippen LogP contribution in [-0.2, 0) is 6.18 Å². The van der Waals surface area contributed by atoms with Gasteiger partial charge in [-0.15, -0.1) is 0 Å². The number of nitrogens with one attached hydrogen (secondary N) is 1. The molecule has 1 amide bonds. The Hall–Kier alpha value is -1.80. The van der Waals surface area contributed by atoms with E-state index >= 15 is 0 Å². The lowest BCUT2D eigenvalue weighted by Crippen LogP contribution is -2.41. The molecule has 1 fully saturated rings. The second-order valence-corrected chi connectivity index (χ2v) is 5.90. The molecule has 1 aliphatic carbocycles. The van der Waals surface area contributed by atoms with Crippen LogP contribution in [-0.4, -0.2) is 23.1 Å². The predicted octanol–water partition coefficient (Wildman–Crippen LogP) is 4.26. The van der Waals surface area contributed by atoms with Gasteiger partial charge in [0.05, 0.1) is 17.2 Å². The molecule has 2 atom stereocenters. The van der Waals surface area contributed by atoms with Crippen LogP contribution in [0.25, 0.3) is 0 Å². The summed E-state index contributed by atoms with van der Waals surface area (Å²) >= 11 is 0. The van der Waals surface area contributed by atoms with Crippen molar-refractivity contribution in [3.05, 3.63) is 29.1 Å². The van der Waals surface area contributed by atoms with E-state index in [1.54, 1.807) is 0 Å². The third-order valence-corrected chi connectivity index (χ3v) is 4.09. The number of pyridine rings is 1. The molecule has 24 heavy (non-hydrogen) atoms. The van der Waals surface area contributed by atoms with Gasteiger partial charge in [-0.05, 0) is 38.3 Å². The van der Waals surface area contributed by atoms with Gasteiger partial charge < -0.3 is 5.32 Å². The molecule has 0 aromatic carbocycles. The highest BCUT2D eigenvalue weighted by Crippen LogP contribution is 2.37. The molecule has 9 heteroatoms. The number of alkyl halides is 6. The van der Waals surface area contributed by atoms with Crippen LogP contribution in [0.1, 0.15) is 47.4 Å². The maximum atomic E-state index is 12.8. The van der Waals surface area contributed by atoms with E-state index in [2.05, 4.69) is 10.3 Å². The number of halogens is 6. The maximum Gasteiger partial charge on any atom is 0.433 e. The fourth-order valence-corrected chi connectivity index (χ4v) is 2.84. The van der Waals surface area contributed by atoms with Crippen molar-refractivity contribution in [1.82, 2.24) is 10.3 Å². The molecule has 1 aliphatic rings. The van der Waals surface area contributed by atoms with Crippen LogP contribution >= 0.6 is 0 Å². The molecule has 3 nitrogen and oxygen atoms in total. The molecular formula is C15H16F6N2O. The van der Waals surface area contributed by atoms with Gasteiger partial charge in [-0.1, -0.05) is 6.42 Å². The van der Waals surface area contributed by atoms with Crippen LogP contribution < -0.4 is 5.32 Å². The van der Waals surface area contributed by atoms with Gasteiger partial charge in [0.25, 0.3) is 5.91 Å². The first-order valence-corrected chi connectivity index (χ1v) is 7.41. The molecule has 2 rings (SSSR count). The third-order valence-electron chi connectivity index (χ3n) is 4.09. The predicted molar refractivity (Wildman–Crippen MR) is 73.2 cm³/mol. The summed E-state index contributed by atoms with van der Waals surface area (Å²) in [6.45, 7) is 1.25. The highest BCUT2D eigenvalue weighted by atomic mass is 19.4. The number of rotatable bonds is 2. The van der Waals surface area contributed by atoms with Crippen LogP contribution in [0, 0.1) is 12.8 Å². The summed E-state index contributed by atoms with van der Waals surface area (Å²) in [7, 11) is 0. The SMILES string of the molecule is Cc1nc(C(F)(F)F)ccc1C(=O)N[C@H]1CCC[C@H](C(F)(F)F)C1. The number of aromatic nitrogens is 1. The maximum absolute atomic E-state index is 12.8. The molecule has 1 saturated carbocycles.